The fraction of sp³-hybridized carbons (Fsp3) is 0.808. The molecule has 2 aliphatic heterocycles. The summed E-state index contributed by atoms with van der Waals surface area (Å²) in [6.07, 6.45) is 3.00. The minimum absolute atomic E-state index is 0.0699. The van der Waals surface area contributed by atoms with Gasteiger partial charge in [0.15, 0.2) is 0 Å². The third kappa shape index (κ3) is 4.63. The van der Waals surface area contributed by atoms with Gasteiger partial charge in [-0.1, -0.05) is 12.5 Å². The highest BCUT2D eigenvalue weighted by Crippen LogP contribution is 2.61. The van der Waals surface area contributed by atoms with Crippen LogP contribution in [0.25, 0.3) is 0 Å². The molecule has 3 fully saturated rings. The van der Waals surface area contributed by atoms with Crippen molar-refractivity contribution in [2.24, 2.45) is 17.3 Å². The molecule has 1 saturated carbocycles. The first-order valence-electron chi connectivity index (χ1n) is 12.3. The van der Waals surface area contributed by atoms with Gasteiger partial charge in [0.1, 0.15) is 18.3 Å². The van der Waals surface area contributed by atoms with Crippen LogP contribution in [0.5, 0.6) is 0 Å². The average molecular weight is 479 g/mol. The van der Waals surface area contributed by atoms with Crippen molar-refractivity contribution in [3.63, 3.8) is 0 Å². The topological polar surface area (TPSA) is 104 Å². The molecule has 0 aromatic carbocycles. The number of ether oxygens (including phenoxy) is 5. The second-order valence-electron chi connectivity index (χ2n) is 11.3. The molecule has 0 radical (unpaired) electrons. The van der Waals surface area contributed by atoms with E-state index in [4.69, 9.17) is 23.7 Å². The van der Waals surface area contributed by atoms with Crippen molar-refractivity contribution in [3.8, 4) is 0 Å². The normalized spacial score (nSPS) is 47.1. The number of rotatable bonds is 4. The third-order valence-electron chi connectivity index (χ3n) is 8.51. The largest absolute Gasteiger partial charge is 0.462 e. The van der Waals surface area contributed by atoms with Crippen molar-refractivity contribution in [2.75, 3.05) is 6.61 Å². The first-order valence-corrected chi connectivity index (χ1v) is 12.3. The van der Waals surface area contributed by atoms with Crippen molar-refractivity contribution < 1.29 is 38.1 Å². The lowest BCUT2D eigenvalue weighted by Crippen LogP contribution is -2.52. The molecule has 190 valence electrons. The van der Waals surface area contributed by atoms with Gasteiger partial charge >= 0.3 is 17.9 Å². The van der Waals surface area contributed by atoms with Gasteiger partial charge in [-0.3, -0.25) is 14.4 Å². The number of carbonyl (C=O) groups is 3. The fourth-order valence-electron chi connectivity index (χ4n) is 6.55. The highest BCUT2D eigenvalue weighted by molar-refractivity contribution is 5.67. The molecule has 0 unspecified atom stereocenters. The average Bonchev–Trinajstić information content (AvgIpc) is 3.57. The Labute approximate surface area is 201 Å². The van der Waals surface area contributed by atoms with Gasteiger partial charge < -0.3 is 23.7 Å². The van der Waals surface area contributed by atoms with Gasteiger partial charge in [0.25, 0.3) is 0 Å². The Morgan fingerprint density at radius 1 is 0.971 bits per heavy atom. The van der Waals surface area contributed by atoms with E-state index in [1.54, 1.807) is 0 Å². The van der Waals surface area contributed by atoms with Gasteiger partial charge in [-0.25, -0.2) is 0 Å². The first kappa shape index (κ1) is 25.2. The van der Waals surface area contributed by atoms with Crippen molar-refractivity contribution >= 4 is 17.9 Å². The summed E-state index contributed by atoms with van der Waals surface area (Å²) in [4.78, 5) is 36.8. The molecule has 0 N–H and O–H groups in total. The second kappa shape index (κ2) is 8.63. The molecule has 0 bridgehead atoms. The van der Waals surface area contributed by atoms with E-state index >= 15 is 0 Å². The van der Waals surface area contributed by atoms with Crippen molar-refractivity contribution in [2.45, 2.75) is 110 Å². The number of carbonyl (C=O) groups excluding carboxylic acids is 3. The van der Waals surface area contributed by atoms with Crippen molar-refractivity contribution in [3.05, 3.63) is 11.6 Å². The highest BCUT2D eigenvalue weighted by atomic mass is 16.6. The minimum atomic E-state index is -0.844. The van der Waals surface area contributed by atoms with E-state index in [1.807, 2.05) is 26.8 Å². The molecule has 34 heavy (non-hydrogen) atoms. The van der Waals surface area contributed by atoms with Crippen LogP contribution in [-0.4, -0.2) is 60.1 Å². The SMILES string of the molecule is CC(=O)O[C@H]1C[C@]2(C)O[C@H]2CC/C(C)=C/[C@@H](OC(C)=O)[C@]2(C)[C@@H]1[C@H]([C@]1(C)CO1)C[C@@H]2OC(C)=O. The molecule has 9 atom stereocenters. The number of esters is 3. The van der Waals surface area contributed by atoms with Crippen LogP contribution in [-0.2, 0) is 38.1 Å². The molecule has 4 aliphatic rings. The van der Waals surface area contributed by atoms with Crippen LogP contribution >= 0.6 is 0 Å². The van der Waals surface area contributed by atoms with Crippen LogP contribution in [0.2, 0.25) is 0 Å². The zero-order valence-corrected chi connectivity index (χ0v) is 21.3. The summed E-state index contributed by atoms with van der Waals surface area (Å²) in [7, 11) is 0. The quantitative estimate of drug-likeness (QED) is 0.262. The van der Waals surface area contributed by atoms with E-state index in [2.05, 4.69) is 6.92 Å². The Kier molecular flexibility index (Phi) is 6.39. The fourth-order valence-corrected chi connectivity index (χ4v) is 6.55. The van der Waals surface area contributed by atoms with Gasteiger partial charge in [-0.2, -0.15) is 0 Å². The molecule has 8 heteroatoms. The summed E-state index contributed by atoms with van der Waals surface area (Å²) in [5.74, 6) is -1.55. The Balaban J connectivity index is 1.89. The maximum atomic E-state index is 12.3. The van der Waals surface area contributed by atoms with E-state index in [0.29, 0.717) is 19.4 Å². The number of epoxide rings is 2. The van der Waals surface area contributed by atoms with E-state index in [9.17, 15) is 14.4 Å². The molecule has 0 aromatic heterocycles. The third-order valence-corrected chi connectivity index (χ3v) is 8.51. The number of hydrogen-bond acceptors (Lipinski definition) is 8. The molecule has 2 aliphatic carbocycles. The van der Waals surface area contributed by atoms with E-state index < -0.39 is 46.9 Å². The van der Waals surface area contributed by atoms with Crippen LogP contribution in [0.1, 0.15) is 74.1 Å². The van der Waals surface area contributed by atoms with Gasteiger partial charge in [0.2, 0.25) is 0 Å². The lowest BCUT2D eigenvalue weighted by atomic mass is 9.65. The van der Waals surface area contributed by atoms with Crippen molar-refractivity contribution in [1.29, 1.82) is 0 Å². The van der Waals surface area contributed by atoms with Crippen molar-refractivity contribution in [1.82, 2.24) is 0 Å². The molecular weight excluding hydrogens is 440 g/mol. The van der Waals surface area contributed by atoms with Gasteiger partial charge in [0.05, 0.1) is 29.3 Å². The summed E-state index contributed by atoms with van der Waals surface area (Å²) in [5.41, 5.74) is -0.598. The van der Waals surface area contributed by atoms with Crippen LogP contribution in [0, 0.1) is 17.3 Å². The molecule has 0 spiro atoms. The van der Waals surface area contributed by atoms with Crippen LogP contribution in [0.15, 0.2) is 11.6 Å². The van der Waals surface area contributed by atoms with Crippen LogP contribution in [0.4, 0.5) is 0 Å². The monoisotopic (exact) mass is 478 g/mol. The molecular formula is C26H38O8. The summed E-state index contributed by atoms with van der Waals surface area (Å²) < 4.78 is 29.9. The minimum Gasteiger partial charge on any atom is -0.462 e. The maximum absolute atomic E-state index is 12.3. The van der Waals surface area contributed by atoms with E-state index in [0.717, 1.165) is 18.4 Å². The van der Waals surface area contributed by atoms with Crippen LogP contribution in [0.3, 0.4) is 0 Å². The predicted molar refractivity (Wildman–Crippen MR) is 122 cm³/mol. The molecule has 0 amide bonds. The first-order chi connectivity index (χ1) is 15.8. The summed E-state index contributed by atoms with van der Waals surface area (Å²) >= 11 is 0. The maximum Gasteiger partial charge on any atom is 0.303 e. The summed E-state index contributed by atoms with van der Waals surface area (Å²) in [5, 5.41) is 0. The van der Waals surface area contributed by atoms with Gasteiger partial charge in [-0.15, -0.1) is 0 Å². The number of allylic oxidation sites excluding steroid dienone is 1. The Bertz CT molecular complexity index is 891. The molecule has 0 aromatic rings. The number of hydrogen-bond donors (Lipinski definition) is 0. The molecule has 4 rings (SSSR count). The lowest BCUT2D eigenvalue weighted by Gasteiger charge is -2.45. The standard InChI is InChI=1S/C26H38O8/c1-14-8-9-20-24(5,34-20)12-19(31-15(2)27)23-18(25(6)13-30-25)11-22(33-17(4)29)26(23,7)21(10-14)32-16(3)28/h10,18-23H,8-9,11-13H2,1-7H3/b14-10+/t18-,19+,20+,21-,22+,23-,24+,25+,26+/m1/s1. The van der Waals surface area contributed by atoms with Crippen LogP contribution < -0.4 is 0 Å². The summed E-state index contributed by atoms with van der Waals surface area (Å²) in [6, 6.07) is 0. The Morgan fingerprint density at radius 3 is 2.15 bits per heavy atom. The molecule has 2 saturated heterocycles. The number of fused-ring (bicyclic) bond motifs is 2. The predicted octanol–water partition coefficient (Wildman–Crippen LogP) is 3.50. The Morgan fingerprint density at radius 2 is 1.59 bits per heavy atom. The Hall–Kier alpha value is -1.93. The molecule has 2 heterocycles. The zero-order chi connectivity index (χ0) is 25.1. The second-order valence-corrected chi connectivity index (χ2v) is 11.3. The smallest absolute Gasteiger partial charge is 0.303 e. The lowest BCUT2D eigenvalue weighted by molar-refractivity contribution is -0.177. The summed E-state index contributed by atoms with van der Waals surface area (Å²) in [6.45, 7) is 12.9. The van der Waals surface area contributed by atoms with E-state index in [-0.39, 0.29) is 23.9 Å². The van der Waals surface area contributed by atoms with Gasteiger partial charge in [-0.05, 0) is 46.1 Å². The zero-order valence-electron chi connectivity index (χ0n) is 21.3. The van der Waals surface area contributed by atoms with E-state index in [1.165, 1.54) is 20.8 Å². The van der Waals surface area contributed by atoms with Gasteiger partial charge in [0, 0.05) is 39.0 Å². The highest BCUT2D eigenvalue weighted by Gasteiger charge is 2.69. The molecule has 8 nitrogen and oxygen atoms in total.